The summed E-state index contributed by atoms with van der Waals surface area (Å²) in [5.41, 5.74) is 2.01. The summed E-state index contributed by atoms with van der Waals surface area (Å²) in [5, 5.41) is 3.28. The van der Waals surface area contributed by atoms with Crippen molar-refractivity contribution in [3.05, 3.63) is 46.6 Å². The smallest absolute Gasteiger partial charge is 0.263 e. The Morgan fingerprint density at radius 1 is 1.35 bits per heavy atom. The second kappa shape index (κ2) is 7.43. The van der Waals surface area contributed by atoms with Crippen molar-refractivity contribution < 1.29 is 9.18 Å². The minimum absolute atomic E-state index is 0. The van der Waals surface area contributed by atoms with Crippen LogP contribution in [0.2, 0.25) is 0 Å². The molecule has 1 amide bonds. The highest BCUT2D eigenvalue weighted by atomic mass is 35.5. The summed E-state index contributed by atoms with van der Waals surface area (Å²) >= 11 is 1.48. The molecule has 3 nitrogen and oxygen atoms in total. The maximum atomic E-state index is 13.1. The molecular formula is C17H20ClFN2OS. The zero-order valence-electron chi connectivity index (χ0n) is 13.1. The number of benzene rings is 1. The Morgan fingerprint density at radius 3 is 2.65 bits per heavy atom. The highest BCUT2D eigenvalue weighted by Crippen LogP contribution is 2.33. The minimum atomic E-state index is -0.247. The molecule has 124 valence electrons. The minimum Gasteiger partial charge on any atom is -0.337 e. The fourth-order valence-electron chi connectivity index (χ4n) is 2.78. The van der Waals surface area contributed by atoms with Gasteiger partial charge >= 0.3 is 0 Å². The van der Waals surface area contributed by atoms with Crippen LogP contribution in [0.25, 0.3) is 10.4 Å². The number of likely N-dealkylation sites (N-methyl/N-ethyl adjacent to an activating group) is 1. The molecule has 1 atom stereocenters. The lowest BCUT2D eigenvalue weighted by atomic mass is 10.1. The lowest BCUT2D eigenvalue weighted by Gasteiger charge is -2.23. The third kappa shape index (κ3) is 3.74. The molecule has 1 aliphatic rings. The number of carbonyl (C=O) groups excluding carboxylic acids is 1. The van der Waals surface area contributed by atoms with Crippen molar-refractivity contribution in [2.75, 3.05) is 20.1 Å². The third-order valence-corrected chi connectivity index (χ3v) is 5.41. The van der Waals surface area contributed by atoms with Crippen LogP contribution >= 0.6 is 23.7 Å². The van der Waals surface area contributed by atoms with E-state index in [9.17, 15) is 9.18 Å². The Labute approximate surface area is 145 Å². The van der Waals surface area contributed by atoms with Gasteiger partial charge in [-0.2, -0.15) is 0 Å². The summed E-state index contributed by atoms with van der Waals surface area (Å²) in [4.78, 5) is 16.2. The first-order chi connectivity index (χ1) is 10.6. The Hall–Kier alpha value is -1.43. The summed E-state index contributed by atoms with van der Waals surface area (Å²) in [6, 6.07) is 8.62. The van der Waals surface area contributed by atoms with E-state index in [0.717, 1.165) is 40.4 Å². The Balaban J connectivity index is 0.00000192. The molecule has 1 unspecified atom stereocenters. The van der Waals surface area contributed by atoms with Gasteiger partial charge in [-0.1, -0.05) is 12.1 Å². The van der Waals surface area contributed by atoms with E-state index in [2.05, 4.69) is 5.32 Å². The molecule has 1 aromatic carbocycles. The van der Waals surface area contributed by atoms with Crippen LogP contribution < -0.4 is 5.32 Å². The highest BCUT2D eigenvalue weighted by Gasteiger charge is 2.25. The van der Waals surface area contributed by atoms with Gasteiger partial charge < -0.3 is 10.2 Å². The molecule has 1 fully saturated rings. The molecule has 1 aliphatic heterocycles. The van der Waals surface area contributed by atoms with E-state index in [4.69, 9.17) is 0 Å². The van der Waals surface area contributed by atoms with Gasteiger partial charge in [0.15, 0.2) is 0 Å². The predicted octanol–water partition coefficient (Wildman–Crippen LogP) is 3.72. The van der Waals surface area contributed by atoms with Gasteiger partial charge in [0, 0.05) is 24.5 Å². The van der Waals surface area contributed by atoms with Gasteiger partial charge in [0.1, 0.15) is 5.82 Å². The van der Waals surface area contributed by atoms with Gasteiger partial charge in [-0.15, -0.1) is 23.7 Å². The second-order valence-corrected chi connectivity index (χ2v) is 6.74. The van der Waals surface area contributed by atoms with Crippen molar-refractivity contribution in [3.63, 3.8) is 0 Å². The number of hydrogen-bond donors (Lipinski definition) is 1. The summed E-state index contributed by atoms with van der Waals surface area (Å²) in [6.45, 7) is 3.81. The van der Waals surface area contributed by atoms with Crippen LogP contribution in [0.4, 0.5) is 4.39 Å². The van der Waals surface area contributed by atoms with Crippen molar-refractivity contribution in [2.45, 2.75) is 19.4 Å². The molecule has 23 heavy (non-hydrogen) atoms. The van der Waals surface area contributed by atoms with Crippen LogP contribution in [-0.2, 0) is 0 Å². The number of aryl methyl sites for hydroxylation is 1. The van der Waals surface area contributed by atoms with E-state index in [1.54, 1.807) is 12.1 Å². The average molecular weight is 355 g/mol. The van der Waals surface area contributed by atoms with E-state index in [-0.39, 0.29) is 30.2 Å². The molecule has 0 aliphatic carbocycles. The normalized spacial score (nSPS) is 16.9. The summed E-state index contributed by atoms with van der Waals surface area (Å²) < 4.78 is 13.1. The SMILES string of the molecule is Cc1cc(C(=O)N(C)C2CCNC2)sc1-c1ccc(F)cc1.Cl. The van der Waals surface area contributed by atoms with Gasteiger partial charge in [0.25, 0.3) is 5.91 Å². The maximum absolute atomic E-state index is 13.1. The molecule has 1 aromatic heterocycles. The Kier molecular flexibility index (Phi) is 5.79. The number of hydrogen-bond acceptors (Lipinski definition) is 3. The van der Waals surface area contributed by atoms with Crippen LogP contribution in [-0.4, -0.2) is 37.0 Å². The molecule has 0 bridgehead atoms. The topological polar surface area (TPSA) is 32.3 Å². The van der Waals surface area contributed by atoms with Crippen molar-refractivity contribution in [2.24, 2.45) is 0 Å². The number of nitrogens with zero attached hydrogens (tertiary/aromatic N) is 1. The molecule has 0 spiro atoms. The first-order valence-electron chi connectivity index (χ1n) is 7.40. The van der Waals surface area contributed by atoms with Crippen LogP contribution in [0.1, 0.15) is 21.7 Å². The van der Waals surface area contributed by atoms with E-state index in [1.807, 2.05) is 24.9 Å². The molecule has 2 heterocycles. The van der Waals surface area contributed by atoms with Crippen LogP contribution in [0.15, 0.2) is 30.3 Å². The molecule has 2 aromatic rings. The average Bonchev–Trinajstić information content (AvgIpc) is 3.16. The number of halogens is 2. The van der Waals surface area contributed by atoms with Gasteiger partial charge in [-0.25, -0.2) is 4.39 Å². The Bertz CT molecular complexity index is 680. The van der Waals surface area contributed by atoms with Crippen LogP contribution in [0.3, 0.4) is 0 Å². The second-order valence-electron chi connectivity index (χ2n) is 5.69. The summed E-state index contributed by atoms with van der Waals surface area (Å²) in [7, 11) is 1.87. The van der Waals surface area contributed by atoms with E-state index in [0.29, 0.717) is 0 Å². The van der Waals surface area contributed by atoms with Gasteiger partial charge in [0.05, 0.1) is 4.88 Å². The molecule has 0 radical (unpaired) electrons. The highest BCUT2D eigenvalue weighted by molar-refractivity contribution is 7.17. The number of thiophene rings is 1. The molecule has 0 saturated carbocycles. The van der Waals surface area contributed by atoms with Crippen molar-refractivity contribution >= 4 is 29.7 Å². The van der Waals surface area contributed by atoms with E-state index >= 15 is 0 Å². The van der Waals surface area contributed by atoms with Crippen LogP contribution in [0, 0.1) is 12.7 Å². The molecule has 6 heteroatoms. The fourth-order valence-corrected chi connectivity index (χ4v) is 3.95. The molecule has 3 rings (SSSR count). The number of amides is 1. The lowest BCUT2D eigenvalue weighted by molar-refractivity contribution is 0.0748. The van der Waals surface area contributed by atoms with Gasteiger partial charge in [-0.05, 0) is 49.2 Å². The quantitative estimate of drug-likeness (QED) is 0.911. The predicted molar refractivity (Wildman–Crippen MR) is 95.1 cm³/mol. The molecule has 1 saturated heterocycles. The van der Waals surface area contributed by atoms with Gasteiger partial charge in [0.2, 0.25) is 0 Å². The zero-order chi connectivity index (χ0) is 15.7. The fraction of sp³-hybridized carbons (Fsp3) is 0.353. The van der Waals surface area contributed by atoms with E-state index < -0.39 is 0 Å². The van der Waals surface area contributed by atoms with E-state index in [1.165, 1.54) is 23.5 Å². The third-order valence-electron chi connectivity index (χ3n) is 4.14. The maximum Gasteiger partial charge on any atom is 0.263 e. The zero-order valence-corrected chi connectivity index (χ0v) is 14.8. The first-order valence-corrected chi connectivity index (χ1v) is 8.22. The molecule has 1 N–H and O–H groups in total. The van der Waals surface area contributed by atoms with Gasteiger partial charge in [-0.3, -0.25) is 4.79 Å². The van der Waals surface area contributed by atoms with Crippen molar-refractivity contribution in [1.82, 2.24) is 10.2 Å². The molecular weight excluding hydrogens is 335 g/mol. The number of rotatable bonds is 3. The first kappa shape index (κ1) is 17.9. The van der Waals surface area contributed by atoms with Crippen molar-refractivity contribution in [1.29, 1.82) is 0 Å². The monoisotopic (exact) mass is 354 g/mol. The summed E-state index contributed by atoms with van der Waals surface area (Å²) in [6.07, 6.45) is 0.997. The Morgan fingerprint density at radius 2 is 2.04 bits per heavy atom. The lowest BCUT2D eigenvalue weighted by Crippen LogP contribution is -2.37. The number of nitrogens with one attached hydrogen (secondary N) is 1. The largest absolute Gasteiger partial charge is 0.337 e. The summed E-state index contributed by atoms with van der Waals surface area (Å²) in [5.74, 6) is -0.183. The van der Waals surface area contributed by atoms with Crippen molar-refractivity contribution in [3.8, 4) is 10.4 Å². The standard InChI is InChI=1S/C17H19FN2OS.ClH/c1-11-9-15(17(21)20(2)14-7-8-19-10-14)22-16(11)12-3-5-13(18)6-4-12;/h3-6,9,14,19H,7-8,10H2,1-2H3;1H. The number of carbonyl (C=O) groups is 1. The van der Waals surface area contributed by atoms with Crippen LogP contribution in [0.5, 0.6) is 0 Å².